The first-order valence-electron chi connectivity index (χ1n) is 10.8. The number of ether oxygens (including phenoxy) is 2. The van der Waals surface area contributed by atoms with E-state index in [1.807, 2.05) is 0 Å². The normalized spacial score (nSPS) is 13.4. The Hall–Kier alpha value is -1.84. The molecule has 158 valence electrons. The van der Waals surface area contributed by atoms with Gasteiger partial charge in [0.25, 0.3) is 0 Å². The second-order valence-corrected chi connectivity index (χ2v) is 8.24. The molecule has 2 unspecified atom stereocenters. The van der Waals surface area contributed by atoms with Crippen LogP contribution in [0.5, 0.6) is 0 Å². The van der Waals surface area contributed by atoms with E-state index in [2.05, 4.69) is 41.5 Å². The van der Waals surface area contributed by atoms with Crippen LogP contribution in [-0.2, 0) is 9.47 Å². The lowest BCUT2D eigenvalue weighted by atomic mass is 10.0. The molecular weight excluding hydrogens is 352 g/mol. The lowest BCUT2D eigenvalue weighted by Crippen LogP contribution is -2.24. The molecule has 0 saturated carbocycles. The third-order valence-corrected chi connectivity index (χ3v) is 5.04. The lowest BCUT2D eigenvalue weighted by Gasteiger charge is -2.22. The van der Waals surface area contributed by atoms with Crippen molar-refractivity contribution >= 4 is 11.9 Å². The molecule has 1 aromatic rings. The van der Waals surface area contributed by atoms with Crippen molar-refractivity contribution in [1.29, 1.82) is 0 Å². The highest BCUT2D eigenvalue weighted by Crippen LogP contribution is 2.19. The van der Waals surface area contributed by atoms with Gasteiger partial charge in [0.2, 0.25) is 0 Å². The van der Waals surface area contributed by atoms with E-state index >= 15 is 0 Å². The highest BCUT2D eigenvalue weighted by atomic mass is 16.5. The highest BCUT2D eigenvalue weighted by molar-refractivity contribution is 5.93. The minimum atomic E-state index is -0.335. The SMILES string of the molecule is CCCCC(OC(=O)c1ccc(C(=O)OC(CCCC)C(C)C)cc1)C(C)C. The van der Waals surface area contributed by atoms with E-state index in [1.165, 1.54) is 0 Å². The molecule has 0 fully saturated rings. The fraction of sp³-hybridized carbons (Fsp3) is 0.667. The third kappa shape index (κ3) is 8.04. The van der Waals surface area contributed by atoms with Gasteiger partial charge < -0.3 is 9.47 Å². The molecule has 0 aliphatic rings. The van der Waals surface area contributed by atoms with Crippen molar-refractivity contribution in [2.75, 3.05) is 0 Å². The van der Waals surface area contributed by atoms with Gasteiger partial charge in [-0.15, -0.1) is 0 Å². The van der Waals surface area contributed by atoms with Gasteiger partial charge in [-0.05, 0) is 48.9 Å². The maximum atomic E-state index is 12.5. The quantitative estimate of drug-likeness (QED) is 0.386. The lowest BCUT2D eigenvalue weighted by molar-refractivity contribution is 0.0140. The molecule has 4 nitrogen and oxygen atoms in total. The first kappa shape index (κ1) is 24.2. The van der Waals surface area contributed by atoms with Crippen LogP contribution in [0.4, 0.5) is 0 Å². The zero-order chi connectivity index (χ0) is 21.1. The maximum Gasteiger partial charge on any atom is 0.338 e. The number of carbonyl (C=O) groups is 2. The van der Waals surface area contributed by atoms with E-state index in [0.717, 1.165) is 38.5 Å². The van der Waals surface area contributed by atoms with Crippen LogP contribution >= 0.6 is 0 Å². The molecular formula is C24H38O4. The minimum Gasteiger partial charge on any atom is -0.459 e. The van der Waals surface area contributed by atoms with Gasteiger partial charge in [-0.3, -0.25) is 0 Å². The number of rotatable bonds is 12. The van der Waals surface area contributed by atoms with Crippen LogP contribution in [-0.4, -0.2) is 24.1 Å². The third-order valence-electron chi connectivity index (χ3n) is 5.04. The second kappa shape index (κ2) is 12.6. The van der Waals surface area contributed by atoms with E-state index in [4.69, 9.17) is 9.47 Å². The summed E-state index contributed by atoms with van der Waals surface area (Å²) in [4.78, 5) is 24.9. The molecule has 0 spiro atoms. The van der Waals surface area contributed by atoms with E-state index in [0.29, 0.717) is 11.1 Å². The summed E-state index contributed by atoms with van der Waals surface area (Å²) < 4.78 is 11.4. The van der Waals surface area contributed by atoms with Crippen LogP contribution < -0.4 is 0 Å². The molecule has 1 aromatic carbocycles. The molecule has 0 aliphatic carbocycles. The average molecular weight is 391 g/mol. The molecule has 0 heterocycles. The number of carbonyl (C=O) groups excluding carboxylic acids is 2. The maximum absolute atomic E-state index is 12.5. The van der Waals surface area contributed by atoms with Gasteiger partial charge in [-0.2, -0.15) is 0 Å². The van der Waals surface area contributed by atoms with Gasteiger partial charge in [-0.25, -0.2) is 9.59 Å². The standard InChI is InChI=1S/C24H38O4/c1-7-9-11-21(17(3)4)27-23(25)19-13-15-20(16-14-19)24(26)28-22(18(5)6)12-10-8-2/h13-18,21-22H,7-12H2,1-6H3. The van der Waals surface area contributed by atoms with Crippen molar-refractivity contribution < 1.29 is 19.1 Å². The van der Waals surface area contributed by atoms with Gasteiger partial charge in [0.15, 0.2) is 0 Å². The number of hydrogen-bond acceptors (Lipinski definition) is 4. The van der Waals surface area contributed by atoms with Crippen molar-refractivity contribution in [2.24, 2.45) is 11.8 Å². The molecule has 0 aromatic heterocycles. The van der Waals surface area contributed by atoms with Crippen LogP contribution in [0.1, 0.15) is 101 Å². The molecule has 0 N–H and O–H groups in total. The van der Waals surface area contributed by atoms with Crippen LogP contribution in [0.3, 0.4) is 0 Å². The summed E-state index contributed by atoms with van der Waals surface area (Å²) in [6.45, 7) is 12.5. The summed E-state index contributed by atoms with van der Waals surface area (Å²) >= 11 is 0. The molecule has 0 bridgehead atoms. The van der Waals surface area contributed by atoms with E-state index < -0.39 is 0 Å². The number of esters is 2. The summed E-state index contributed by atoms with van der Waals surface area (Å²) in [6.07, 6.45) is 5.81. The van der Waals surface area contributed by atoms with Gasteiger partial charge in [-0.1, -0.05) is 67.2 Å². The first-order valence-corrected chi connectivity index (χ1v) is 10.8. The summed E-state index contributed by atoms with van der Waals surface area (Å²) in [5, 5.41) is 0. The molecule has 4 heteroatoms. The fourth-order valence-electron chi connectivity index (χ4n) is 3.02. The summed E-state index contributed by atoms with van der Waals surface area (Å²) in [6, 6.07) is 6.58. The Morgan fingerprint density at radius 3 is 1.29 bits per heavy atom. The van der Waals surface area contributed by atoms with E-state index in [9.17, 15) is 9.59 Å². The van der Waals surface area contributed by atoms with Crippen molar-refractivity contribution in [1.82, 2.24) is 0 Å². The Morgan fingerprint density at radius 2 is 1.04 bits per heavy atom. The van der Waals surface area contributed by atoms with Crippen LogP contribution in [0, 0.1) is 11.8 Å². The predicted molar refractivity (Wildman–Crippen MR) is 114 cm³/mol. The van der Waals surface area contributed by atoms with E-state index in [1.54, 1.807) is 24.3 Å². The summed E-state index contributed by atoms with van der Waals surface area (Å²) in [7, 11) is 0. The topological polar surface area (TPSA) is 52.6 Å². The Kier molecular flexibility index (Phi) is 10.9. The molecule has 0 aliphatic heterocycles. The number of benzene rings is 1. The fourth-order valence-corrected chi connectivity index (χ4v) is 3.02. The van der Waals surface area contributed by atoms with Crippen LogP contribution in [0.15, 0.2) is 24.3 Å². The van der Waals surface area contributed by atoms with Gasteiger partial charge >= 0.3 is 11.9 Å². The Bertz CT molecular complexity index is 536. The van der Waals surface area contributed by atoms with E-state index in [-0.39, 0.29) is 36.0 Å². The van der Waals surface area contributed by atoms with Crippen LogP contribution in [0.2, 0.25) is 0 Å². The number of hydrogen-bond donors (Lipinski definition) is 0. The predicted octanol–water partition coefficient (Wildman–Crippen LogP) is 6.43. The first-order chi connectivity index (χ1) is 13.3. The van der Waals surface area contributed by atoms with Gasteiger partial charge in [0, 0.05) is 0 Å². The molecule has 28 heavy (non-hydrogen) atoms. The largest absolute Gasteiger partial charge is 0.459 e. The monoisotopic (exact) mass is 390 g/mol. The second-order valence-electron chi connectivity index (χ2n) is 8.24. The van der Waals surface area contributed by atoms with Gasteiger partial charge in [0.1, 0.15) is 12.2 Å². The van der Waals surface area contributed by atoms with Crippen molar-refractivity contribution in [3.8, 4) is 0 Å². The minimum absolute atomic E-state index is 0.0811. The van der Waals surface area contributed by atoms with Crippen molar-refractivity contribution in [3.05, 3.63) is 35.4 Å². The summed E-state index contributed by atoms with van der Waals surface area (Å²) in [5.41, 5.74) is 0.926. The Morgan fingerprint density at radius 1 is 0.714 bits per heavy atom. The molecule has 0 amide bonds. The molecule has 1 rings (SSSR count). The zero-order valence-electron chi connectivity index (χ0n) is 18.5. The Labute approximate surface area is 171 Å². The van der Waals surface area contributed by atoms with Crippen molar-refractivity contribution in [2.45, 2.75) is 92.3 Å². The van der Waals surface area contributed by atoms with Crippen molar-refractivity contribution in [3.63, 3.8) is 0 Å². The Balaban J connectivity index is 2.73. The molecule has 2 atom stereocenters. The van der Waals surface area contributed by atoms with Crippen LogP contribution in [0.25, 0.3) is 0 Å². The smallest absolute Gasteiger partial charge is 0.338 e. The zero-order valence-corrected chi connectivity index (χ0v) is 18.5. The average Bonchev–Trinajstić information content (AvgIpc) is 2.67. The molecule has 0 saturated heterocycles. The molecule has 0 radical (unpaired) electrons. The highest BCUT2D eigenvalue weighted by Gasteiger charge is 2.21. The summed E-state index contributed by atoms with van der Waals surface area (Å²) in [5.74, 6) is -0.114. The number of unbranched alkanes of at least 4 members (excludes halogenated alkanes) is 2. The van der Waals surface area contributed by atoms with Gasteiger partial charge in [0.05, 0.1) is 11.1 Å².